The molecule has 170 valence electrons. The number of thioether (sulfide) groups is 1. The van der Waals surface area contributed by atoms with Crippen molar-refractivity contribution in [2.45, 2.75) is 49.5 Å². The van der Waals surface area contributed by atoms with Gasteiger partial charge >= 0.3 is 6.18 Å². The first-order chi connectivity index (χ1) is 15.3. The minimum atomic E-state index is -4.46. The maximum absolute atomic E-state index is 13.3. The lowest BCUT2D eigenvalue weighted by atomic mass is 10.2. The molecule has 0 saturated heterocycles. The molecule has 1 N–H and O–H groups in total. The van der Waals surface area contributed by atoms with Crippen LogP contribution in [0.1, 0.15) is 42.8 Å². The average molecular weight is 464 g/mol. The SMILES string of the molecule is Cn1cccc1Cc1nnc(SCC(=O)NC2CCCC2)n1-c1cccc(C(F)(F)F)c1. The van der Waals surface area contributed by atoms with Gasteiger partial charge in [-0.2, -0.15) is 13.2 Å². The summed E-state index contributed by atoms with van der Waals surface area (Å²) in [6, 6.07) is 9.10. The summed E-state index contributed by atoms with van der Waals surface area (Å²) in [6.07, 6.45) is 2.02. The zero-order valence-electron chi connectivity index (χ0n) is 17.6. The second-order valence-electron chi connectivity index (χ2n) is 7.91. The third-order valence-electron chi connectivity index (χ3n) is 5.58. The molecule has 0 spiro atoms. The fraction of sp³-hybridized carbons (Fsp3) is 0.409. The van der Waals surface area contributed by atoms with Gasteiger partial charge in [-0.25, -0.2) is 0 Å². The van der Waals surface area contributed by atoms with Gasteiger partial charge in [0, 0.05) is 31.4 Å². The van der Waals surface area contributed by atoms with Crippen LogP contribution in [0.4, 0.5) is 13.2 Å². The van der Waals surface area contributed by atoms with Gasteiger partial charge in [0.2, 0.25) is 5.91 Å². The van der Waals surface area contributed by atoms with Crippen molar-refractivity contribution in [3.05, 3.63) is 59.7 Å². The summed E-state index contributed by atoms with van der Waals surface area (Å²) in [5, 5.41) is 11.9. The van der Waals surface area contributed by atoms with Crippen LogP contribution < -0.4 is 5.32 Å². The second-order valence-corrected chi connectivity index (χ2v) is 8.85. The fourth-order valence-corrected chi connectivity index (χ4v) is 4.68. The van der Waals surface area contributed by atoms with Crippen LogP contribution in [0.2, 0.25) is 0 Å². The van der Waals surface area contributed by atoms with Gasteiger partial charge in [0.15, 0.2) is 5.16 Å². The molecule has 1 aliphatic rings. The summed E-state index contributed by atoms with van der Waals surface area (Å²) in [5.74, 6) is 0.520. The Kier molecular flexibility index (Phi) is 6.59. The molecule has 0 bridgehead atoms. The van der Waals surface area contributed by atoms with E-state index in [1.165, 1.54) is 17.8 Å². The summed E-state index contributed by atoms with van der Waals surface area (Å²) in [7, 11) is 1.89. The highest BCUT2D eigenvalue weighted by Crippen LogP contribution is 2.32. The highest BCUT2D eigenvalue weighted by Gasteiger charge is 2.31. The molecule has 0 unspecified atom stereocenters. The van der Waals surface area contributed by atoms with Gasteiger partial charge in [-0.15, -0.1) is 10.2 Å². The number of carbonyl (C=O) groups is 1. The molecule has 6 nitrogen and oxygen atoms in total. The molecule has 1 fully saturated rings. The van der Waals surface area contributed by atoms with E-state index in [1.807, 2.05) is 29.9 Å². The number of nitrogens with zero attached hydrogens (tertiary/aromatic N) is 4. The lowest BCUT2D eigenvalue weighted by Crippen LogP contribution is -2.33. The summed E-state index contributed by atoms with van der Waals surface area (Å²) < 4.78 is 43.5. The molecule has 3 aromatic rings. The van der Waals surface area contributed by atoms with E-state index in [0.29, 0.717) is 23.1 Å². The Morgan fingerprint density at radius 3 is 2.66 bits per heavy atom. The van der Waals surface area contributed by atoms with E-state index in [0.717, 1.165) is 43.5 Å². The van der Waals surface area contributed by atoms with Crippen LogP contribution in [-0.4, -0.2) is 37.0 Å². The number of nitrogens with one attached hydrogen (secondary N) is 1. The van der Waals surface area contributed by atoms with Crippen LogP contribution in [0.15, 0.2) is 47.8 Å². The summed E-state index contributed by atoms with van der Waals surface area (Å²) in [6.45, 7) is 0. The maximum atomic E-state index is 13.3. The Morgan fingerprint density at radius 2 is 1.97 bits per heavy atom. The molecule has 1 amide bonds. The van der Waals surface area contributed by atoms with E-state index in [-0.39, 0.29) is 17.7 Å². The van der Waals surface area contributed by atoms with Gasteiger partial charge in [0.05, 0.1) is 17.0 Å². The number of hydrogen-bond donors (Lipinski definition) is 1. The molecule has 0 atom stereocenters. The summed E-state index contributed by atoms with van der Waals surface area (Å²) >= 11 is 1.17. The van der Waals surface area contributed by atoms with Crippen molar-refractivity contribution in [2.75, 3.05) is 5.75 Å². The Morgan fingerprint density at radius 1 is 1.19 bits per heavy atom. The second kappa shape index (κ2) is 9.40. The molecule has 2 heterocycles. The van der Waals surface area contributed by atoms with Crippen molar-refractivity contribution >= 4 is 17.7 Å². The maximum Gasteiger partial charge on any atom is 0.416 e. The van der Waals surface area contributed by atoms with Crippen LogP contribution in [0.25, 0.3) is 5.69 Å². The number of carbonyl (C=O) groups excluding carboxylic acids is 1. The van der Waals surface area contributed by atoms with Crippen molar-refractivity contribution in [1.29, 1.82) is 0 Å². The Balaban J connectivity index is 1.61. The molecule has 10 heteroatoms. The van der Waals surface area contributed by atoms with E-state index in [2.05, 4.69) is 15.5 Å². The number of amides is 1. The number of benzene rings is 1. The van der Waals surface area contributed by atoms with Crippen molar-refractivity contribution in [1.82, 2.24) is 24.6 Å². The van der Waals surface area contributed by atoms with Gasteiger partial charge < -0.3 is 9.88 Å². The standard InChI is InChI=1S/C22H24F3N5OS/c1-29-11-5-10-17(29)13-19-27-28-21(32-14-20(31)26-16-7-2-3-8-16)30(19)18-9-4-6-15(12-18)22(23,24)25/h4-6,9-12,16H,2-3,7-8,13-14H2,1H3,(H,26,31). The van der Waals surface area contributed by atoms with E-state index < -0.39 is 11.7 Å². The van der Waals surface area contributed by atoms with Gasteiger partial charge in [0.1, 0.15) is 5.82 Å². The summed E-state index contributed by atoms with van der Waals surface area (Å²) in [5.41, 5.74) is 0.511. The largest absolute Gasteiger partial charge is 0.416 e. The van der Waals surface area contributed by atoms with Crippen LogP contribution in [0, 0.1) is 0 Å². The number of aryl methyl sites for hydroxylation is 1. The van der Waals surface area contributed by atoms with Crippen molar-refractivity contribution in [3.63, 3.8) is 0 Å². The topological polar surface area (TPSA) is 64.7 Å². The number of rotatable bonds is 7. The zero-order chi connectivity index (χ0) is 22.7. The Labute approximate surface area is 188 Å². The third kappa shape index (κ3) is 5.17. The first kappa shape index (κ1) is 22.4. The highest BCUT2D eigenvalue weighted by molar-refractivity contribution is 7.99. The molecule has 1 saturated carbocycles. The van der Waals surface area contributed by atoms with Crippen molar-refractivity contribution in [3.8, 4) is 5.69 Å². The van der Waals surface area contributed by atoms with Crippen LogP contribution in [0.5, 0.6) is 0 Å². The predicted octanol–water partition coefficient (Wildman–Crippen LogP) is 4.37. The third-order valence-corrected chi connectivity index (χ3v) is 6.50. The smallest absolute Gasteiger partial charge is 0.354 e. The molecule has 1 aliphatic carbocycles. The molecule has 2 aromatic heterocycles. The Hall–Kier alpha value is -2.75. The average Bonchev–Trinajstić information content (AvgIpc) is 3.49. The first-order valence-corrected chi connectivity index (χ1v) is 11.4. The monoisotopic (exact) mass is 463 g/mol. The van der Waals surface area contributed by atoms with E-state index in [4.69, 9.17) is 0 Å². The number of alkyl halides is 3. The lowest BCUT2D eigenvalue weighted by Gasteiger charge is -2.14. The van der Waals surface area contributed by atoms with Crippen LogP contribution in [0.3, 0.4) is 0 Å². The van der Waals surface area contributed by atoms with Crippen molar-refractivity contribution < 1.29 is 18.0 Å². The van der Waals surface area contributed by atoms with E-state index >= 15 is 0 Å². The molecule has 0 radical (unpaired) electrons. The number of hydrogen-bond acceptors (Lipinski definition) is 4. The molecule has 4 rings (SSSR count). The quantitative estimate of drug-likeness (QED) is 0.529. The van der Waals surface area contributed by atoms with Crippen LogP contribution in [-0.2, 0) is 24.4 Å². The number of aromatic nitrogens is 4. The summed E-state index contributed by atoms with van der Waals surface area (Å²) in [4.78, 5) is 12.4. The van der Waals surface area contributed by atoms with E-state index in [9.17, 15) is 18.0 Å². The predicted molar refractivity (Wildman–Crippen MR) is 116 cm³/mol. The first-order valence-electron chi connectivity index (χ1n) is 10.5. The van der Waals surface area contributed by atoms with Gasteiger partial charge in [-0.1, -0.05) is 30.7 Å². The normalized spacial score (nSPS) is 14.8. The van der Waals surface area contributed by atoms with Gasteiger partial charge in [-0.05, 0) is 43.2 Å². The van der Waals surface area contributed by atoms with Gasteiger partial charge in [-0.3, -0.25) is 9.36 Å². The zero-order valence-corrected chi connectivity index (χ0v) is 18.4. The molecular weight excluding hydrogens is 439 g/mol. The van der Waals surface area contributed by atoms with Crippen molar-refractivity contribution in [2.24, 2.45) is 7.05 Å². The molecule has 0 aliphatic heterocycles. The van der Waals surface area contributed by atoms with E-state index in [1.54, 1.807) is 10.6 Å². The molecule has 1 aromatic carbocycles. The van der Waals surface area contributed by atoms with Gasteiger partial charge in [0.25, 0.3) is 0 Å². The fourth-order valence-electron chi connectivity index (χ4n) is 3.90. The number of halogens is 3. The highest BCUT2D eigenvalue weighted by atomic mass is 32.2. The minimum Gasteiger partial charge on any atom is -0.354 e. The Bertz CT molecular complexity index is 1090. The molecular formula is C22H24F3N5OS. The lowest BCUT2D eigenvalue weighted by molar-refractivity contribution is -0.137. The minimum absolute atomic E-state index is 0.107. The van der Waals surface area contributed by atoms with Crippen LogP contribution >= 0.6 is 11.8 Å². The molecule has 32 heavy (non-hydrogen) atoms.